The normalized spacial score (nSPS) is 16.9. The van der Waals surface area contributed by atoms with Crippen LogP contribution in [-0.4, -0.2) is 31.1 Å². The highest BCUT2D eigenvalue weighted by Gasteiger charge is 2.17. The van der Waals surface area contributed by atoms with Gasteiger partial charge in [0.2, 0.25) is 0 Å². The molecule has 1 aromatic heterocycles. The SMILES string of the molecule is CCN(CCC1CNC1)Cc1cccs1. The Morgan fingerprint density at radius 3 is 2.93 bits per heavy atom. The maximum Gasteiger partial charge on any atom is 0.0327 e. The van der Waals surface area contributed by atoms with Crippen molar-refractivity contribution in [3.8, 4) is 0 Å². The van der Waals surface area contributed by atoms with E-state index >= 15 is 0 Å². The molecule has 3 heteroatoms. The zero-order valence-corrected chi connectivity index (χ0v) is 10.2. The van der Waals surface area contributed by atoms with Gasteiger partial charge in [-0.2, -0.15) is 0 Å². The van der Waals surface area contributed by atoms with Gasteiger partial charge < -0.3 is 5.32 Å². The van der Waals surface area contributed by atoms with Gasteiger partial charge in [-0.15, -0.1) is 11.3 Å². The van der Waals surface area contributed by atoms with Gasteiger partial charge in [-0.05, 0) is 50.0 Å². The monoisotopic (exact) mass is 224 g/mol. The summed E-state index contributed by atoms with van der Waals surface area (Å²) in [6.07, 6.45) is 1.35. The van der Waals surface area contributed by atoms with Gasteiger partial charge in [-0.25, -0.2) is 0 Å². The lowest BCUT2D eigenvalue weighted by molar-refractivity contribution is 0.229. The van der Waals surface area contributed by atoms with E-state index in [1.807, 2.05) is 11.3 Å². The number of rotatable bonds is 6. The molecular weight excluding hydrogens is 204 g/mol. The summed E-state index contributed by atoms with van der Waals surface area (Å²) in [6, 6.07) is 4.38. The second-order valence-electron chi connectivity index (χ2n) is 4.26. The van der Waals surface area contributed by atoms with E-state index < -0.39 is 0 Å². The molecule has 84 valence electrons. The van der Waals surface area contributed by atoms with E-state index in [0.29, 0.717) is 0 Å². The predicted octanol–water partition coefficient (Wildman–Crippen LogP) is 2.18. The van der Waals surface area contributed by atoms with E-state index in [4.69, 9.17) is 0 Å². The van der Waals surface area contributed by atoms with Crippen LogP contribution in [0.2, 0.25) is 0 Å². The number of thiophene rings is 1. The Labute approximate surface area is 96.3 Å². The summed E-state index contributed by atoms with van der Waals surface area (Å²) in [6.45, 7) is 8.27. The van der Waals surface area contributed by atoms with E-state index in [1.165, 1.54) is 30.9 Å². The Morgan fingerprint density at radius 1 is 1.53 bits per heavy atom. The third kappa shape index (κ3) is 3.30. The molecule has 1 fully saturated rings. The third-order valence-electron chi connectivity index (χ3n) is 3.13. The van der Waals surface area contributed by atoms with E-state index in [2.05, 4.69) is 34.7 Å². The zero-order valence-electron chi connectivity index (χ0n) is 9.41. The molecule has 0 aromatic carbocycles. The molecule has 2 nitrogen and oxygen atoms in total. The number of hydrogen-bond donors (Lipinski definition) is 1. The van der Waals surface area contributed by atoms with E-state index in [-0.39, 0.29) is 0 Å². The molecule has 0 radical (unpaired) electrons. The summed E-state index contributed by atoms with van der Waals surface area (Å²) in [5.41, 5.74) is 0. The fourth-order valence-electron chi connectivity index (χ4n) is 1.89. The first kappa shape index (κ1) is 11.1. The molecule has 2 rings (SSSR count). The van der Waals surface area contributed by atoms with Gasteiger partial charge in [0.15, 0.2) is 0 Å². The van der Waals surface area contributed by atoms with Crippen LogP contribution in [0.1, 0.15) is 18.2 Å². The van der Waals surface area contributed by atoms with Crippen molar-refractivity contribution >= 4 is 11.3 Å². The Balaban J connectivity index is 1.71. The highest BCUT2D eigenvalue weighted by atomic mass is 32.1. The quantitative estimate of drug-likeness (QED) is 0.797. The molecule has 0 atom stereocenters. The molecule has 2 heterocycles. The van der Waals surface area contributed by atoms with Gasteiger partial charge in [-0.3, -0.25) is 4.90 Å². The molecular formula is C12H20N2S. The standard InChI is InChI=1S/C12H20N2S/c1-2-14(6-5-11-8-13-9-11)10-12-4-3-7-15-12/h3-4,7,11,13H,2,5-6,8-10H2,1H3. The van der Waals surface area contributed by atoms with Gasteiger partial charge in [0.1, 0.15) is 0 Å². The van der Waals surface area contributed by atoms with Crippen LogP contribution in [-0.2, 0) is 6.54 Å². The van der Waals surface area contributed by atoms with Crippen molar-refractivity contribution in [2.45, 2.75) is 19.9 Å². The smallest absolute Gasteiger partial charge is 0.0327 e. The Hall–Kier alpha value is -0.380. The minimum Gasteiger partial charge on any atom is -0.316 e. The summed E-state index contributed by atoms with van der Waals surface area (Å²) in [7, 11) is 0. The first-order valence-corrected chi connectivity index (χ1v) is 6.72. The lowest BCUT2D eigenvalue weighted by Crippen LogP contribution is -2.43. The van der Waals surface area contributed by atoms with Crippen LogP contribution in [0.15, 0.2) is 17.5 Å². The lowest BCUT2D eigenvalue weighted by atomic mass is 9.99. The summed E-state index contributed by atoms with van der Waals surface area (Å²) >= 11 is 1.87. The van der Waals surface area contributed by atoms with Crippen LogP contribution >= 0.6 is 11.3 Å². The van der Waals surface area contributed by atoms with Crippen LogP contribution in [0.4, 0.5) is 0 Å². The van der Waals surface area contributed by atoms with Crippen molar-refractivity contribution in [2.75, 3.05) is 26.2 Å². The molecule has 0 unspecified atom stereocenters. The van der Waals surface area contributed by atoms with Crippen molar-refractivity contribution in [1.82, 2.24) is 10.2 Å². The zero-order chi connectivity index (χ0) is 10.5. The van der Waals surface area contributed by atoms with Crippen LogP contribution in [0.25, 0.3) is 0 Å². The largest absolute Gasteiger partial charge is 0.316 e. The van der Waals surface area contributed by atoms with E-state index in [9.17, 15) is 0 Å². The van der Waals surface area contributed by atoms with Crippen molar-refractivity contribution in [3.05, 3.63) is 22.4 Å². The molecule has 1 saturated heterocycles. The summed E-state index contributed by atoms with van der Waals surface area (Å²) < 4.78 is 0. The lowest BCUT2D eigenvalue weighted by Gasteiger charge is -2.29. The predicted molar refractivity (Wildman–Crippen MR) is 66.2 cm³/mol. The Morgan fingerprint density at radius 2 is 2.40 bits per heavy atom. The van der Waals surface area contributed by atoms with Crippen LogP contribution in [0.5, 0.6) is 0 Å². The number of nitrogens with zero attached hydrogens (tertiary/aromatic N) is 1. The van der Waals surface area contributed by atoms with E-state index in [0.717, 1.165) is 19.0 Å². The second kappa shape index (κ2) is 5.64. The topological polar surface area (TPSA) is 15.3 Å². The van der Waals surface area contributed by atoms with Crippen molar-refractivity contribution in [2.24, 2.45) is 5.92 Å². The first-order valence-electron chi connectivity index (χ1n) is 5.84. The second-order valence-corrected chi connectivity index (χ2v) is 5.29. The Bertz CT molecular complexity index is 267. The Kier molecular flexibility index (Phi) is 4.18. The molecule has 0 saturated carbocycles. The van der Waals surface area contributed by atoms with Crippen LogP contribution < -0.4 is 5.32 Å². The molecule has 0 bridgehead atoms. The van der Waals surface area contributed by atoms with Gasteiger partial charge in [0, 0.05) is 11.4 Å². The average Bonchev–Trinajstić information content (AvgIpc) is 2.66. The molecule has 15 heavy (non-hydrogen) atoms. The molecule has 1 aromatic rings. The van der Waals surface area contributed by atoms with Gasteiger partial charge in [0.05, 0.1) is 0 Å². The molecule has 0 spiro atoms. The van der Waals surface area contributed by atoms with Gasteiger partial charge >= 0.3 is 0 Å². The molecule has 1 aliphatic rings. The number of nitrogens with one attached hydrogen (secondary N) is 1. The van der Waals surface area contributed by atoms with E-state index in [1.54, 1.807) is 0 Å². The molecule has 0 amide bonds. The van der Waals surface area contributed by atoms with Crippen LogP contribution in [0, 0.1) is 5.92 Å². The minimum absolute atomic E-state index is 0.933. The molecule has 1 N–H and O–H groups in total. The van der Waals surface area contributed by atoms with Crippen molar-refractivity contribution in [3.63, 3.8) is 0 Å². The fourth-order valence-corrected chi connectivity index (χ4v) is 2.64. The highest BCUT2D eigenvalue weighted by molar-refractivity contribution is 7.09. The molecule has 1 aliphatic heterocycles. The van der Waals surface area contributed by atoms with Crippen molar-refractivity contribution < 1.29 is 0 Å². The van der Waals surface area contributed by atoms with Crippen LogP contribution in [0.3, 0.4) is 0 Å². The maximum absolute atomic E-state index is 3.33. The third-order valence-corrected chi connectivity index (χ3v) is 3.99. The summed E-state index contributed by atoms with van der Waals surface area (Å²) in [5.74, 6) is 0.933. The van der Waals surface area contributed by atoms with Crippen molar-refractivity contribution in [1.29, 1.82) is 0 Å². The highest BCUT2D eigenvalue weighted by Crippen LogP contribution is 2.14. The molecule has 0 aliphatic carbocycles. The summed E-state index contributed by atoms with van der Waals surface area (Å²) in [4.78, 5) is 4.04. The average molecular weight is 224 g/mol. The first-order chi connectivity index (χ1) is 7.38. The maximum atomic E-state index is 3.33. The number of hydrogen-bond acceptors (Lipinski definition) is 3. The fraction of sp³-hybridized carbons (Fsp3) is 0.667. The van der Waals surface area contributed by atoms with Gasteiger partial charge in [-0.1, -0.05) is 13.0 Å². The minimum atomic E-state index is 0.933. The van der Waals surface area contributed by atoms with Gasteiger partial charge in [0.25, 0.3) is 0 Å². The summed E-state index contributed by atoms with van der Waals surface area (Å²) in [5, 5.41) is 5.50.